The third-order valence-electron chi connectivity index (χ3n) is 3.00. The first-order chi connectivity index (χ1) is 9.62. The molecule has 0 saturated heterocycles. The summed E-state index contributed by atoms with van der Waals surface area (Å²) in [4.78, 5) is 0.342. The molecular weight excluding hydrogens is 279 g/mol. The van der Waals surface area contributed by atoms with Crippen LogP contribution in [0.15, 0.2) is 59.5 Å². The Morgan fingerprint density at radius 3 is 2.19 bits per heavy atom. The van der Waals surface area contributed by atoms with E-state index in [4.69, 9.17) is 4.74 Å². The summed E-state index contributed by atoms with van der Waals surface area (Å²) in [7, 11) is -1.67. The van der Waals surface area contributed by atoms with Crippen LogP contribution in [0.3, 0.4) is 0 Å². The molecule has 0 saturated carbocycles. The topological polar surface area (TPSA) is 43.4 Å². The van der Waals surface area contributed by atoms with E-state index < -0.39 is 9.84 Å². The summed E-state index contributed by atoms with van der Waals surface area (Å²) in [5.41, 5.74) is 1.09. The van der Waals surface area contributed by atoms with Crippen LogP contribution in [0.5, 0.6) is 5.75 Å². The number of rotatable bonds is 6. The molecule has 0 amide bonds. The molecule has 0 aromatic heterocycles. The van der Waals surface area contributed by atoms with Crippen LogP contribution in [-0.4, -0.2) is 15.5 Å². The van der Waals surface area contributed by atoms with Gasteiger partial charge in [-0.2, -0.15) is 6.42 Å². The molecule has 2 aromatic rings. The Morgan fingerprint density at radius 1 is 1.00 bits per heavy atom. The molecule has 0 aliphatic rings. The van der Waals surface area contributed by atoms with E-state index >= 15 is 0 Å². The van der Waals surface area contributed by atoms with E-state index in [1.54, 1.807) is 37.4 Å². The van der Waals surface area contributed by atoms with Crippen molar-refractivity contribution in [2.45, 2.75) is 17.7 Å². The van der Waals surface area contributed by atoms with Crippen molar-refractivity contribution in [3.63, 3.8) is 0 Å². The van der Waals surface area contributed by atoms with Gasteiger partial charge in [-0.15, -0.1) is 0 Å². The minimum absolute atomic E-state index is 0. The van der Waals surface area contributed by atoms with Crippen molar-refractivity contribution in [2.75, 3.05) is 7.11 Å². The van der Waals surface area contributed by atoms with Crippen LogP contribution in [0.2, 0.25) is 0 Å². The molecule has 0 fully saturated rings. The van der Waals surface area contributed by atoms with Crippen LogP contribution in [0, 0.1) is 5.75 Å². The molecule has 0 aliphatic carbocycles. The molecule has 0 heterocycles. The van der Waals surface area contributed by atoms with E-state index in [0.717, 1.165) is 11.3 Å². The van der Waals surface area contributed by atoms with E-state index in [1.807, 2.05) is 24.3 Å². The summed E-state index contributed by atoms with van der Waals surface area (Å²) in [6.07, 6.45) is 1.18. The van der Waals surface area contributed by atoms with Crippen molar-refractivity contribution in [1.82, 2.24) is 0 Å². The SMILES string of the molecule is COc1ccc(CC[CH-]S(=O)(=O)c2ccccc2)cc1.[Li+]. The van der Waals surface area contributed by atoms with Crippen LogP contribution in [-0.2, 0) is 16.3 Å². The quantitative estimate of drug-likeness (QED) is 0.567. The number of benzene rings is 2. The Bertz CT molecular complexity index is 637. The summed E-state index contributed by atoms with van der Waals surface area (Å²) >= 11 is 0. The molecule has 0 atom stereocenters. The van der Waals surface area contributed by atoms with Crippen molar-refractivity contribution in [2.24, 2.45) is 0 Å². The molecule has 0 spiro atoms. The van der Waals surface area contributed by atoms with Gasteiger partial charge in [0.2, 0.25) is 0 Å². The summed E-state index contributed by atoms with van der Waals surface area (Å²) in [5, 5.41) is 0. The standard InChI is InChI=1S/C16H17O3S.Li/c1-19-15-11-9-14(10-12-15)6-5-13-20(17,18)16-7-3-2-4-8-16;/h2-4,7-13H,5-6H2,1H3;/q-1;+1. The van der Waals surface area contributed by atoms with Gasteiger partial charge in [-0.1, -0.05) is 42.3 Å². The number of hydrogen-bond acceptors (Lipinski definition) is 3. The second-order valence-electron chi connectivity index (χ2n) is 4.41. The molecule has 0 radical (unpaired) electrons. The van der Waals surface area contributed by atoms with Gasteiger partial charge in [0.05, 0.1) is 16.9 Å². The Hall–Kier alpha value is -1.21. The number of methoxy groups -OCH3 is 1. The third kappa shape index (κ3) is 5.24. The van der Waals surface area contributed by atoms with Crippen LogP contribution in [0.4, 0.5) is 0 Å². The number of ether oxygens (including phenoxy) is 1. The van der Waals surface area contributed by atoms with Gasteiger partial charge in [0.25, 0.3) is 0 Å². The molecule has 106 valence electrons. The zero-order valence-electron chi connectivity index (χ0n) is 12.3. The molecule has 5 heteroatoms. The normalized spacial score (nSPS) is 10.7. The fraction of sp³-hybridized carbons (Fsp3) is 0.188. The van der Waals surface area contributed by atoms with Gasteiger partial charge in [-0.05, 0) is 24.3 Å². The maximum atomic E-state index is 12.0. The predicted molar refractivity (Wildman–Crippen MR) is 79.2 cm³/mol. The van der Waals surface area contributed by atoms with E-state index in [1.165, 1.54) is 5.75 Å². The van der Waals surface area contributed by atoms with Crippen LogP contribution < -0.4 is 23.6 Å². The van der Waals surface area contributed by atoms with Crippen LogP contribution in [0.25, 0.3) is 0 Å². The first kappa shape index (κ1) is 17.8. The summed E-state index contributed by atoms with van der Waals surface area (Å²) in [6, 6.07) is 16.1. The number of sulfone groups is 1. The molecule has 2 rings (SSSR count). The zero-order chi connectivity index (χ0) is 14.4. The third-order valence-corrected chi connectivity index (χ3v) is 4.60. The monoisotopic (exact) mass is 296 g/mol. The van der Waals surface area contributed by atoms with Crippen LogP contribution >= 0.6 is 0 Å². The van der Waals surface area contributed by atoms with Crippen molar-refractivity contribution in [3.8, 4) is 5.75 Å². The minimum atomic E-state index is -3.29. The molecule has 0 bridgehead atoms. The largest absolute Gasteiger partial charge is 1.00 e. The Balaban J connectivity index is 0.00000220. The fourth-order valence-corrected chi connectivity index (χ4v) is 3.04. The fourth-order valence-electron chi connectivity index (χ4n) is 1.88. The van der Waals surface area contributed by atoms with E-state index in [9.17, 15) is 8.42 Å². The maximum Gasteiger partial charge on any atom is 1.00 e. The van der Waals surface area contributed by atoms with E-state index in [-0.39, 0.29) is 18.9 Å². The summed E-state index contributed by atoms with van der Waals surface area (Å²) < 4.78 is 29.2. The van der Waals surface area contributed by atoms with Crippen molar-refractivity contribution in [1.29, 1.82) is 0 Å². The van der Waals surface area contributed by atoms with Crippen molar-refractivity contribution >= 4 is 9.84 Å². The van der Waals surface area contributed by atoms with Gasteiger partial charge in [0.15, 0.2) is 0 Å². The molecule has 2 aromatic carbocycles. The molecule has 0 N–H and O–H groups in total. The Labute approximate surface area is 138 Å². The molecular formula is C16H17LiO3S. The average molecular weight is 296 g/mol. The van der Waals surface area contributed by atoms with Gasteiger partial charge in [-0.25, -0.2) is 5.75 Å². The molecule has 0 unspecified atom stereocenters. The maximum absolute atomic E-state index is 12.0. The molecule has 21 heavy (non-hydrogen) atoms. The Morgan fingerprint density at radius 2 is 1.62 bits per heavy atom. The number of aryl methyl sites for hydroxylation is 1. The zero-order valence-corrected chi connectivity index (χ0v) is 13.1. The molecule has 3 nitrogen and oxygen atoms in total. The second kappa shape index (κ2) is 8.28. The van der Waals surface area contributed by atoms with Crippen LogP contribution in [0.1, 0.15) is 12.0 Å². The van der Waals surface area contributed by atoms with Crippen molar-refractivity contribution in [3.05, 3.63) is 65.9 Å². The van der Waals surface area contributed by atoms with Gasteiger partial charge in [-0.3, -0.25) is 8.42 Å². The van der Waals surface area contributed by atoms with Gasteiger partial charge < -0.3 is 4.74 Å². The minimum Gasteiger partial charge on any atom is -0.497 e. The average Bonchev–Trinajstić information content (AvgIpc) is 2.49. The van der Waals surface area contributed by atoms with Crippen molar-refractivity contribution < 1.29 is 32.0 Å². The Kier molecular flexibility index (Phi) is 7.04. The summed E-state index contributed by atoms with van der Waals surface area (Å²) in [5.74, 6) is 2.18. The summed E-state index contributed by atoms with van der Waals surface area (Å²) in [6.45, 7) is 0. The van der Waals surface area contributed by atoms with Gasteiger partial charge in [0.1, 0.15) is 5.75 Å². The number of hydrogen-bond donors (Lipinski definition) is 0. The second-order valence-corrected chi connectivity index (χ2v) is 6.31. The van der Waals surface area contributed by atoms with Gasteiger partial charge >= 0.3 is 18.9 Å². The predicted octanol–water partition coefficient (Wildman–Crippen LogP) is 0.267. The smallest absolute Gasteiger partial charge is 0.497 e. The first-order valence-electron chi connectivity index (χ1n) is 6.38. The van der Waals surface area contributed by atoms with E-state index in [2.05, 4.69) is 0 Å². The van der Waals surface area contributed by atoms with E-state index in [0.29, 0.717) is 17.7 Å². The first-order valence-corrected chi connectivity index (χ1v) is 7.93. The van der Waals surface area contributed by atoms with Gasteiger partial charge in [0, 0.05) is 4.90 Å². The molecule has 0 aliphatic heterocycles.